The van der Waals surface area contributed by atoms with Crippen LogP contribution >= 0.6 is 0 Å². The molecule has 0 atom stereocenters. The first kappa shape index (κ1) is 15.4. The number of amides is 1. The summed E-state index contributed by atoms with van der Waals surface area (Å²) in [6, 6.07) is 6.05. The molecule has 0 aromatic heterocycles. The average Bonchev–Trinajstić information content (AvgIpc) is 3.11. The largest absolute Gasteiger partial charge is 0.501 e. The number of carbonyl (C=O) groups is 1. The van der Waals surface area contributed by atoms with Gasteiger partial charge in [-0.2, -0.15) is 0 Å². The van der Waals surface area contributed by atoms with Crippen LogP contribution in [0.2, 0.25) is 0 Å². The van der Waals surface area contributed by atoms with Crippen molar-refractivity contribution in [2.75, 3.05) is 19.8 Å². The molecule has 5 nitrogen and oxygen atoms in total. The highest BCUT2D eigenvalue weighted by molar-refractivity contribution is 5.93. The Labute approximate surface area is 142 Å². The standard InChI is InChI=1S/C19H23NO4/c21-18(14-4-3-9-22-13-14)20-19(7-1-2-8-19)15-5-6-16-17(12-15)24-11-10-23-16/h5-6,12-13H,1-4,7-11H2,(H,20,21). The number of fused-ring (bicyclic) bond motifs is 1. The van der Waals surface area contributed by atoms with Crippen LogP contribution in [-0.2, 0) is 15.1 Å². The van der Waals surface area contributed by atoms with Crippen molar-refractivity contribution in [2.45, 2.75) is 44.1 Å². The molecule has 1 fully saturated rings. The number of carbonyl (C=O) groups excluding carboxylic acids is 1. The smallest absolute Gasteiger partial charge is 0.250 e. The van der Waals surface area contributed by atoms with Gasteiger partial charge in [0.2, 0.25) is 0 Å². The Kier molecular flexibility index (Phi) is 4.08. The number of hydrogen-bond donors (Lipinski definition) is 1. The normalized spacial score (nSPS) is 21.6. The molecule has 1 aromatic carbocycles. The molecule has 2 aliphatic heterocycles. The van der Waals surface area contributed by atoms with E-state index in [-0.39, 0.29) is 11.4 Å². The van der Waals surface area contributed by atoms with E-state index in [1.807, 2.05) is 12.1 Å². The van der Waals surface area contributed by atoms with E-state index in [1.165, 1.54) is 0 Å². The van der Waals surface area contributed by atoms with Gasteiger partial charge in [-0.3, -0.25) is 4.79 Å². The first-order valence-electron chi connectivity index (χ1n) is 8.80. The maximum absolute atomic E-state index is 12.7. The van der Waals surface area contributed by atoms with E-state index < -0.39 is 0 Å². The van der Waals surface area contributed by atoms with E-state index in [1.54, 1.807) is 6.26 Å². The molecule has 1 aromatic rings. The van der Waals surface area contributed by atoms with Crippen molar-refractivity contribution < 1.29 is 19.0 Å². The summed E-state index contributed by atoms with van der Waals surface area (Å²) in [6.07, 6.45) is 7.43. The third-order valence-corrected chi connectivity index (χ3v) is 5.13. The minimum Gasteiger partial charge on any atom is -0.501 e. The summed E-state index contributed by atoms with van der Waals surface area (Å²) in [6.45, 7) is 1.85. The van der Waals surface area contributed by atoms with Crippen LogP contribution in [0.3, 0.4) is 0 Å². The highest BCUT2D eigenvalue weighted by Gasteiger charge is 2.38. The van der Waals surface area contributed by atoms with Gasteiger partial charge in [-0.1, -0.05) is 18.9 Å². The summed E-state index contributed by atoms with van der Waals surface area (Å²) >= 11 is 0. The third-order valence-electron chi connectivity index (χ3n) is 5.13. The Morgan fingerprint density at radius 3 is 2.54 bits per heavy atom. The van der Waals surface area contributed by atoms with E-state index >= 15 is 0 Å². The molecule has 0 spiro atoms. The van der Waals surface area contributed by atoms with Gasteiger partial charge in [0, 0.05) is 0 Å². The summed E-state index contributed by atoms with van der Waals surface area (Å²) in [4.78, 5) is 12.7. The van der Waals surface area contributed by atoms with Gasteiger partial charge in [-0.25, -0.2) is 0 Å². The number of rotatable bonds is 3. The van der Waals surface area contributed by atoms with Crippen LogP contribution < -0.4 is 14.8 Å². The van der Waals surface area contributed by atoms with Gasteiger partial charge < -0.3 is 19.5 Å². The van der Waals surface area contributed by atoms with Crippen molar-refractivity contribution in [3.05, 3.63) is 35.6 Å². The lowest BCUT2D eigenvalue weighted by atomic mass is 9.87. The fourth-order valence-corrected chi connectivity index (χ4v) is 3.83. The van der Waals surface area contributed by atoms with Crippen LogP contribution in [0.5, 0.6) is 11.5 Å². The molecule has 5 heteroatoms. The lowest BCUT2D eigenvalue weighted by Crippen LogP contribution is -2.44. The van der Waals surface area contributed by atoms with Gasteiger partial charge in [0.25, 0.3) is 5.91 Å². The molecule has 24 heavy (non-hydrogen) atoms. The van der Waals surface area contributed by atoms with Crippen molar-refractivity contribution in [1.82, 2.24) is 5.32 Å². The maximum atomic E-state index is 12.7. The molecule has 1 N–H and O–H groups in total. The molecule has 0 bridgehead atoms. The topological polar surface area (TPSA) is 56.8 Å². The first-order valence-corrected chi connectivity index (χ1v) is 8.80. The van der Waals surface area contributed by atoms with Crippen LogP contribution in [0.15, 0.2) is 30.0 Å². The minimum atomic E-state index is -0.314. The molecule has 0 radical (unpaired) electrons. The zero-order chi connectivity index (χ0) is 16.4. The van der Waals surface area contributed by atoms with Gasteiger partial charge >= 0.3 is 0 Å². The second kappa shape index (κ2) is 6.38. The fraction of sp³-hybridized carbons (Fsp3) is 0.526. The lowest BCUT2D eigenvalue weighted by molar-refractivity contribution is -0.120. The molecule has 128 valence electrons. The Morgan fingerprint density at radius 2 is 1.79 bits per heavy atom. The molecular weight excluding hydrogens is 306 g/mol. The van der Waals surface area contributed by atoms with Gasteiger partial charge in [-0.15, -0.1) is 0 Å². The van der Waals surface area contributed by atoms with Gasteiger partial charge in [-0.05, 0) is 43.4 Å². The predicted octanol–water partition coefficient (Wildman–Crippen LogP) is 3.04. The Bertz CT molecular complexity index is 661. The van der Waals surface area contributed by atoms with Crippen LogP contribution in [0.4, 0.5) is 0 Å². The van der Waals surface area contributed by atoms with E-state index in [4.69, 9.17) is 14.2 Å². The molecule has 4 rings (SSSR count). The van der Waals surface area contributed by atoms with Gasteiger partial charge in [0.05, 0.1) is 24.0 Å². The third kappa shape index (κ3) is 2.83. The van der Waals surface area contributed by atoms with E-state index in [2.05, 4.69) is 11.4 Å². The van der Waals surface area contributed by atoms with Crippen molar-refractivity contribution in [3.63, 3.8) is 0 Å². The average molecular weight is 329 g/mol. The molecular formula is C19H23NO4. The Balaban J connectivity index is 1.61. The van der Waals surface area contributed by atoms with Gasteiger partial charge in [0.1, 0.15) is 13.2 Å². The molecule has 0 saturated heterocycles. The summed E-state index contributed by atoms with van der Waals surface area (Å²) in [5.74, 6) is 1.55. The summed E-state index contributed by atoms with van der Waals surface area (Å²) in [5.41, 5.74) is 1.53. The number of hydrogen-bond acceptors (Lipinski definition) is 4. The van der Waals surface area contributed by atoms with E-state index in [9.17, 15) is 4.79 Å². The summed E-state index contributed by atoms with van der Waals surface area (Å²) < 4.78 is 16.7. The van der Waals surface area contributed by atoms with E-state index in [0.29, 0.717) is 19.8 Å². The molecule has 3 aliphatic rings. The van der Waals surface area contributed by atoms with Crippen LogP contribution in [0, 0.1) is 0 Å². The van der Waals surface area contributed by atoms with Gasteiger partial charge in [0.15, 0.2) is 11.5 Å². The Morgan fingerprint density at radius 1 is 1.00 bits per heavy atom. The van der Waals surface area contributed by atoms with Crippen molar-refractivity contribution >= 4 is 5.91 Å². The summed E-state index contributed by atoms with van der Waals surface area (Å²) in [5, 5.41) is 3.30. The first-order chi connectivity index (χ1) is 11.8. The SMILES string of the molecule is O=C(NC1(c2ccc3c(c2)OCCO3)CCCC1)C1=COCCC1. The van der Waals surface area contributed by atoms with Crippen LogP contribution in [0.25, 0.3) is 0 Å². The van der Waals surface area contributed by atoms with Crippen LogP contribution in [0.1, 0.15) is 44.1 Å². The highest BCUT2D eigenvalue weighted by Crippen LogP contribution is 2.42. The second-order valence-corrected chi connectivity index (χ2v) is 6.72. The highest BCUT2D eigenvalue weighted by atomic mass is 16.6. The maximum Gasteiger partial charge on any atom is 0.250 e. The summed E-state index contributed by atoms with van der Waals surface area (Å²) in [7, 11) is 0. The zero-order valence-corrected chi connectivity index (χ0v) is 13.8. The monoisotopic (exact) mass is 329 g/mol. The molecule has 1 amide bonds. The second-order valence-electron chi connectivity index (χ2n) is 6.72. The molecule has 2 heterocycles. The molecule has 1 aliphatic carbocycles. The number of ether oxygens (including phenoxy) is 3. The number of benzene rings is 1. The van der Waals surface area contributed by atoms with Crippen molar-refractivity contribution in [1.29, 1.82) is 0 Å². The Hall–Kier alpha value is -2.17. The lowest BCUT2D eigenvalue weighted by Gasteiger charge is -2.33. The fourth-order valence-electron chi connectivity index (χ4n) is 3.83. The quantitative estimate of drug-likeness (QED) is 0.926. The zero-order valence-electron chi connectivity index (χ0n) is 13.8. The predicted molar refractivity (Wildman–Crippen MR) is 89.0 cm³/mol. The molecule has 1 saturated carbocycles. The number of nitrogens with one attached hydrogen (secondary N) is 1. The van der Waals surface area contributed by atoms with E-state index in [0.717, 1.165) is 61.2 Å². The van der Waals surface area contributed by atoms with Crippen LogP contribution in [-0.4, -0.2) is 25.7 Å². The van der Waals surface area contributed by atoms with Crippen molar-refractivity contribution in [3.8, 4) is 11.5 Å². The minimum absolute atomic E-state index is 0.00788. The van der Waals surface area contributed by atoms with Crippen molar-refractivity contribution in [2.24, 2.45) is 0 Å². The molecule has 0 unspecified atom stereocenters.